The number of hydrogen-bond acceptors (Lipinski definition) is 3. The predicted molar refractivity (Wildman–Crippen MR) is 72.9 cm³/mol. The van der Waals surface area contributed by atoms with Crippen LogP contribution in [0.4, 0.5) is 4.79 Å². The number of amides is 1. The van der Waals surface area contributed by atoms with Crippen molar-refractivity contribution in [3.63, 3.8) is 0 Å². The molecular weight excluding hydrogens is 242 g/mol. The van der Waals surface area contributed by atoms with Crippen LogP contribution in [0.1, 0.15) is 59.8 Å². The number of piperidine rings is 1. The molecular formula is C15H25NO3. The maximum absolute atomic E-state index is 12.2. The summed E-state index contributed by atoms with van der Waals surface area (Å²) >= 11 is 0. The van der Waals surface area contributed by atoms with E-state index in [2.05, 4.69) is 0 Å². The fraction of sp³-hybridized carbons (Fsp3) is 0.867. The van der Waals surface area contributed by atoms with E-state index in [-0.39, 0.29) is 24.1 Å². The van der Waals surface area contributed by atoms with Crippen LogP contribution in [0.2, 0.25) is 0 Å². The third-order valence-corrected chi connectivity index (χ3v) is 4.14. The van der Waals surface area contributed by atoms with Gasteiger partial charge in [-0.1, -0.05) is 6.92 Å². The normalized spacial score (nSPS) is 30.3. The van der Waals surface area contributed by atoms with E-state index in [0.29, 0.717) is 12.2 Å². The molecule has 2 saturated heterocycles. The summed E-state index contributed by atoms with van der Waals surface area (Å²) in [4.78, 5) is 26.0. The Bertz CT molecular complexity index is 358. The maximum Gasteiger partial charge on any atom is 0.410 e. The molecule has 19 heavy (non-hydrogen) atoms. The van der Waals surface area contributed by atoms with Gasteiger partial charge in [0.2, 0.25) is 0 Å². The zero-order valence-corrected chi connectivity index (χ0v) is 12.4. The molecule has 2 atom stereocenters. The van der Waals surface area contributed by atoms with Crippen LogP contribution in [0.5, 0.6) is 0 Å². The Balaban J connectivity index is 2.03. The van der Waals surface area contributed by atoms with Gasteiger partial charge in [-0.25, -0.2) is 4.79 Å². The van der Waals surface area contributed by atoms with Crippen LogP contribution in [0.25, 0.3) is 0 Å². The highest BCUT2D eigenvalue weighted by Crippen LogP contribution is 2.40. The summed E-state index contributed by atoms with van der Waals surface area (Å²) in [5, 5.41) is 0. The summed E-state index contributed by atoms with van der Waals surface area (Å²) in [5.41, 5.74) is -0.452. The second-order valence-corrected chi connectivity index (χ2v) is 6.76. The lowest BCUT2D eigenvalue weighted by atomic mass is 9.86. The van der Waals surface area contributed by atoms with Crippen molar-refractivity contribution in [3.8, 4) is 0 Å². The maximum atomic E-state index is 12.2. The Hall–Kier alpha value is -1.06. The molecule has 0 N–H and O–H groups in total. The summed E-state index contributed by atoms with van der Waals surface area (Å²) in [6.07, 6.45) is 4.07. The lowest BCUT2D eigenvalue weighted by Crippen LogP contribution is -2.49. The minimum atomic E-state index is -0.452. The number of rotatable bonds is 2. The second kappa shape index (κ2) is 5.14. The Morgan fingerprint density at radius 3 is 2.11 bits per heavy atom. The van der Waals surface area contributed by atoms with Crippen molar-refractivity contribution in [1.82, 2.24) is 4.90 Å². The third kappa shape index (κ3) is 3.10. The zero-order chi connectivity index (χ0) is 14.2. The van der Waals surface area contributed by atoms with E-state index < -0.39 is 5.60 Å². The van der Waals surface area contributed by atoms with Crippen LogP contribution in [0.3, 0.4) is 0 Å². The largest absolute Gasteiger partial charge is 0.444 e. The van der Waals surface area contributed by atoms with Crippen molar-refractivity contribution in [1.29, 1.82) is 0 Å². The summed E-state index contributed by atoms with van der Waals surface area (Å²) in [6, 6.07) is 0.406. The van der Waals surface area contributed by atoms with Crippen LogP contribution in [-0.2, 0) is 9.53 Å². The van der Waals surface area contributed by atoms with Crippen LogP contribution >= 0.6 is 0 Å². The molecule has 2 aliphatic rings. The van der Waals surface area contributed by atoms with Gasteiger partial charge >= 0.3 is 6.09 Å². The van der Waals surface area contributed by atoms with Gasteiger partial charge in [0.05, 0.1) is 0 Å². The monoisotopic (exact) mass is 267 g/mol. The molecule has 0 aromatic carbocycles. The molecule has 0 saturated carbocycles. The number of nitrogens with zero attached hydrogens (tertiary/aromatic N) is 1. The molecule has 0 aromatic heterocycles. The van der Waals surface area contributed by atoms with Gasteiger partial charge in [0, 0.05) is 24.4 Å². The first-order valence-electron chi connectivity index (χ1n) is 7.36. The first kappa shape index (κ1) is 14.4. The number of carbonyl (C=O) groups excluding carboxylic acids is 2. The van der Waals surface area contributed by atoms with Gasteiger partial charge in [0.1, 0.15) is 11.4 Å². The average Bonchev–Trinajstić information content (AvgIpc) is 2.57. The van der Waals surface area contributed by atoms with E-state index in [0.717, 1.165) is 25.7 Å². The highest BCUT2D eigenvalue weighted by atomic mass is 16.6. The third-order valence-electron chi connectivity index (χ3n) is 4.14. The molecule has 0 radical (unpaired) electrons. The van der Waals surface area contributed by atoms with Crippen molar-refractivity contribution >= 4 is 11.9 Å². The number of fused-ring (bicyclic) bond motifs is 2. The molecule has 0 aromatic rings. The van der Waals surface area contributed by atoms with Crippen LogP contribution in [-0.4, -0.2) is 34.5 Å². The quantitative estimate of drug-likeness (QED) is 0.772. The second-order valence-electron chi connectivity index (χ2n) is 6.76. The summed E-state index contributed by atoms with van der Waals surface area (Å²) < 4.78 is 5.48. The van der Waals surface area contributed by atoms with E-state index in [9.17, 15) is 9.59 Å². The Morgan fingerprint density at radius 1 is 1.16 bits per heavy atom. The van der Waals surface area contributed by atoms with Crippen molar-refractivity contribution in [3.05, 3.63) is 0 Å². The molecule has 2 aliphatic heterocycles. The number of ether oxygens (including phenoxy) is 1. The van der Waals surface area contributed by atoms with Crippen molar-refractivity contribution in [2.24, 2.45) is 5.92 Å². The Labute approximate surface area is 115 Å². The van der Waals surface area contributed by atoms with Gasteiger partial charge < -0.3 is 9.64 Å². The summed E-state index contributed by atoms with van der Waals surface area (Å²) in [6.45, 7) is 7.59. The highest BCUT2D eigenvalue weighted by molar-refractivity contribution is 5.81. The zero-order valence-electron chi connectivity index (χ0n) is 12.4. The van der Waals surface area contributed by atoms with Gasteiger partial charge in [-0.15, -0.1) is 0 Å². The lowest BCUT2D eigenvalue weighted by molar-refractivity contribution is -0.125. The summed E-state index contributed by atoms with van der Waals surface area (Å²) in [7, 11) is 0. The number of ketones is 1. The van der Waals surface area contributed by atoms with E-state index in [4.69, 9.17) is 4.74 Å². The first-order chi connectivity index (χ1) is 8.81. The molecule has 2 rings (SSSR count). The SMILES string of the molecule is CCC(=O)C1CC2CCC(C1)N2C(=O)OC(C)(C)C. The van der Waals surface area contributed by atoms with Crippen LogP contribution in [0, 0.1) is 5.92 Å². The predicted octanol–water partition coefficient (Wildman–Crippen LogP) is 3.14. The Morgan fingerprint density at radius 2 is 1.68 bits per heavy atom. The van der Waals surface area contributed by atoms with Crippen molar-refractivity contribution < 1.29 is 14.3 Å². The molecule has 4 nitrogen and oxygen atoms in total. The van der Waals surface area contributed by atoms with E-state index >= 15 is 0 Å². The molecule has 2 unspecified atom stereocenters. The average molecular weight is 267 g/mol. The van der Waals surface area contributed by atoms with Gasteiger partial charge in [-0.3, -0.25) is 4.79 Å². The first-order valence-corrected chi connectivity index (χ1v) is 7.36. The van der Waals surface area contributed by atoms with E-state index in [1.54, 1.807) is 0 Å². The number of carbonyl (C=O) groups is 2. The fourth-order valence-corrected chi connectivity index (χ4v) is 3.34. The van der Waals surface area contributed by atoms with E-state index in [1.165, 1.54) is 0 Å². The number of hydrogen-bond donors (Lipinski definition) is 0. The summed E-state index contributed by atoms with van der Waals surface area (Å²) in [5.74, 6) is 0.502. The minimum Gasteiger partial charge on any atom is -0.444 e. The standard InChI is InChI=1S/C15H25NO3/c1-5-13(17)10-8-11-6-7-12(9-10)16(11)14(18)19-15(2,3)4/h10-12H,5-9H2,1-4H3. The fourth-order valence-electron chi connectivity index (χ4n) is 3.34. The molecule has 2 heterocycles. The molecule has 108 valence electrons. The smallest absolute Gasteiger partial charge is 0.410 e. The minimum absolute atomic E-state index is 0.154. The van der Waals surface area contributed by atoms with Gasteiger partial charge in [0.25, 0.3) is 0 Å². The topological polar surface area (TPSA) is 46.6 Å². The lowest BCUT2D eigenvalue weighted by Gasteiger charge is -2.39. The van der Waals surface area contributed by atoms with Crippen LogP contribution in [0.15, 0.2) is 0 Å². The van der Waals surface area contributed by atoms with Gasteiger partial charge in [0.15, 0.2) is 0 Å². The van der Waals surface area contributed by atoms with E-state index in [1.807, 2.05) is 32.6 Å². The molecule has 0 aliphatic carbocycles. The highest BCUT2D eigenvalue weighted by Gasteiger charge is 2.45. The van der Waals surface area contributed by atoms with Gasteiger partial charge in [-0.05, 0) is 46.5 Å². The van der Waals surface area contributed by atoms with Gasteiger partial charge in [-0.2, -0.15) is 0 Å². The molecule has 0 spiro atoms. The molecule has 2 fully saturated rings. The van der Waals surface area contributed by atoms with Crippen molar-refractivity contribution in [2.45, 2.75) is 77.5 Å². The molecule has 1 amide bonds. The Kier molecular flexibility index (Phi) is 3.88. The molecule has 4 heteroatoms. The van der Waals surface area contributed by atoms with Crippen LogP contribution < -0.4 is 0 Å². The number of Topliss-reactive ketones (excluding diaryl/α,β-unsaturated/α-hetero) is 1. The molecule has 2 bridgehead atoms. The van der Waals surface area contributed by atoms with Crippen molar-refractivity contribution in [2.75, 3.05) is 0 Å².